The molecular weight excluding hydrogens is 335 g/mol. The molecule has 26 heavy (non-hydrogen) atoms. The van der Waals surface area contributed by atoms with Gasteiger partial charge in [-0.3, -0.25) is 4.79 Å². The molecule has 0 aliphatic carbocycles. The molecule has 2 aromatic carbocycles. The second kappa shape index (κ2) is 7.39. The van der Waals surface area contributed by atoms with Gasteiger partial charge in [0.2, 0.25) is 0 Å². The van der Waals surface area contributed by atoms with Crippen LogP contribution in [-0.4, -0.2) is 11.1 Å². The second-order valence-corrected chi connectivity index (χ2v) is 6.08. The molecule has 0 unspecified atom stereocenters. The minimum Gasteiger partial charge on any atom is -0.489 e. The van der Waals surface area contributed by atoms with E-state index in [9.17, 15) is 9.18 Å². The highest BCUT2D eigenvalue weighted by molar-refractivity contribution is 6.04. The van der Waals surface area contributed by atoms with Crippen molar-refractivity contribution < 1.29 is 18.4 Å². The Kier molecular flexibility index (Phi) is 5.02. The average molecular weight is 354 g/mol. The van der Waals surface area contributed by atoms with Crippen LogP contribution in [0, 0.1) is 26.6 Å². The Hall–Kier alpha value is -3.15. The van der Waals surface area contributed by atoms with E-state index in [1.54, 1.807) is 6.92 Å². The molecule has 3 aromatic rings. The summed E-state index contributed by atoms with van der Waals surface area (Å²) in [6.07, 6.45) is 0. The van der Waals surface area contributed by atoms with Crippen molar-refractivity contribution in [2.24, 2.45) is 0 Å². The van der Waals surface area contributed by atoms with Crippen molar-refractivity contribution in [2.75, 3.05) is 5.32 Å². The number of carbonyl (C=O) groups is 1. The summed E-state index contributed by atoms with van der Waals surface area (Å²) in [4.78, 5) is 12.6. The second-order valence-electron chi connectivity index (χ2n) is 6.08. The van der Waals surface area contributed by atoms with Crippen LogP contribution in [0.15, 0.2) is 47.0 Å². The first-order chi connectivity index (χ1) is 12.4. The molecular formula is C20H19FN2O3. The summed E-state index contributed by atoms with van der Waals surface area (Å²) in [5.74, 6) is 0.284. The molecule has 0 fully saturated rings. The van der Waals surface area contributed by atoms with Crippen LogP contribution < -0.4 is 10.1 Å². The molecule has 0 spiro atoms. The van der Waals surface area contributed by atoms with Gasteiger partial charge in [0.15, 0.2) is 5.69 Å². The summed E-state index contributed by atoms with van der Waals surface area (Å²) < 4.78 is 23.8. The van der Waals surface area contributed by atoms with Gasteiger partial charge in [-0.1, -0.05) is 17.3 Å². The number of anilines is 1. The number of hydrogen-bond donors (Lipinski definition) is 1. The molecule has 0 radical (unpaired) electrons. The van der Waals surface area contributed by atoms with E-state index in [1.165, 1.54) is 24.3 Å². The molecule has 1 aromatic heterocycles. The first-order valence-electron chi connectivity index (χ1n) is 8.16. The van der Waals surface area contributed by atoms with E-state index in [0.29, 0.717) is 17.1 Å². The molecule has 134 valence electrons. The molecule has 6 heteroatoms. The normalized spacial score (nSPS) is 10.6. The van der Waals surface area contributed by atoms with E-state index < -0.39 is 0 Å². The standard InChI is InChI=1S/C20H19FN2O3/c1-12-4-5-13(2)18(10-12)22-20(24)19-17(14(3)26-23-19)11-25-16-8-6-15(21)7-9-16/h4-10H,11H2,1-3H3,(H,22,24). The number of nitrogens with one attached hydrogen (secondary N) is 1. The molecule has 0 atom stereocenters. The zero-order valence-electron chi connectivity index (χ0n) is 14.8. The maximum absolute atomic E-state index is 13.0. The van der Waals surface area contributed by atoms with E-state index >= 15 is 0 Å². The number of hydrogen-bond acceptors (Lipinski definition) is 4. The lowest BCUT2D eigenvalue weighted by Crippen LogP contribution is -2.16. The number of ether oxygens (including phenoxy) is 1. The lowest BCUT2D eigenvalue weighted by atomic mass is 10.1. The summed E-state index contributed by atoms with van der Waals surface area (Å²) in [6.45, 7) is 5.68. The predicted molar refractivity (Wildman–Crippen MR) is 95.8 cm³/mol. The van der Waals surface area contributed by atoms with E-state index in [4.69, 9.17) is 9.26 Å². The Labute approximate surface area is 150 Å². The topological polar surface area (TPSA) is 64.4 Å². The van der Waals surface area contributed by atoms with Crippen molar-refractivity contribution in [3.63, 3.8) is 0 Å². The molecule has 1 heterocycles. The van der Waals surface area contributed by atoms with E-state index in [2.05, 4.69) is 10.5 Å². The number of aromatic nitrogens is 1. The van der Waals surface area contributed by atoms with Crippen molar-refractivity contribution in [1.82, 2.24) is 5.16 Å². The van der Waals surface area contributed by atoms with E-state index in [-0.39, 0.29) is 24.0 Å². The molecule has 5 nitrogen and oxygen atoms in total. The zero-order chi connectivity index (χ0) is 18.7. The van der Waals surface area contributed by atoms with Crippen LogP contribution in [0.2, 0.25) is 0 Å². The zero-order valence-corrected chi connectivity index (χ0v) is 14.8. The fourth-order valence-corrected chi connectivity index (χ4v) is 2.48. The van der Waals surface area contributed by atoms with Gasteiger partial charge in [0.1, 0.15) is 23.9 Å². The van der Waals surface area contributed by atoms with Crippen LogP contribution in [0.3, 0.4) is 0 Å². The molecule has 1 N–H and O–H groups in total. The highest BCUT2D eigenvalue weighted by atomic mass is 19.1. The summed E-state index contributed by atoms with van der Waals surface area (Å²) in [5, 5.41) is 6.72. The van der Waals surface area contributed by atoms with Crippen molar-refractivity contribution in [2.45, 2.75) is 27.4 Å². The largest absolute Gasteiger partial charge is 0.489 e. The van der Waals surface area contributed by atoms with Gasteiger partial charge in [-0.15, -0.1) is 0 Å². The average Bonchev–Trinajstić information content (AvgIpc) is 2.98. The minimum absolute atomic E-state index is 0.0938. The summed E-state index contributed by atoms with van der Waals surface area (Å²) in [5.41, 5.74) is 3.44. The Balaban J connectivity index is 1.77. The monoisotopic (exact) mass is 354 g/mol. The van der Waals surface area contributed by atoms with E-state index in [0.717, 1.165) is 16.8 Å². The molecule has 0 bridgehead atoms. The fourth-order valence-electron chi connectivity index (χ4n) is 2.48. The van der Waals surface area contributed by atoms with Gasteiger partial charge in [0.25, 0.3) is 5.91 Å². The highest BCUT2D eigenvalue weighted by Crippen LogP contribution is 2.21. The molecule has 3 rings (SSSR count). The van der Waals surface area contributed by atoms with Gasteiger partial charge in [0.05, 0.1) is 5.56 Å². The third-order valence-corrected chi connectivity index (χ3v) is 4.04. The van der Waals surface area contributed by atoms with Gasteiger partial charge in [-0.2, -0.15) is 0 Å². The Morgan fingerprint density at radius 2 is 1.88 bits per heavy atom. The SMILES string of the molecule is Cc1ccc(C)c(NC(=O)c2noc(C)c2COc2ccc(F)cc2)c1. The van der Waals surface area contributed by atoms with Gasteiger partial charge in [-0.25, -0.2) is 4.39 Å². The van der Waals surface area contributed by atoms with Crippen LogP contribution in [0.4, 0.5) is 10.1 Å². The maximum Gasteiger partial charge on any atom is 0.278 e. The predicted octanol–water partition coefficient (Wildman–Crippen LogP) is 4.57. The number of benzene rings is 2. The third kappa shape index (κ3) is 3.91. The Bertz CT molecular complexity index is 933. The van der Waals surface area contributed by atoms with Crippen molar-refractivity contribution in [3.05, 3.63) is 76.4 Å². The summed E-state index contributed by atoms with van der Waals surface area (Å²) in [6, 6.07) is 11.5. The fraction of sp³-hybridized carbons (Fsp3) is 0.200. The first kappa shape index (κ1) is 17.7. The molecule has 1 amide bonds. The van der Waals surface area contributed by atoms with Crippen LogP contribution in [0.5, 0.6) is 5.75 Å². The smallest absolute Gasteiger partial charge is 0.278 e. The third-order valence-electron chi connectivity index (χ3n) is 4.04. The highest BCUT2D eigenvalue weighted by Gasteiger charge is 2.21. The van der Waals surface area contributed by atoms with Crippen molar-refractivity contribution in [3.8, 4) is 5.75 Å². The van der Waals surface area contributed by atoms with Crippen molar-refractivity contribution in [1.29, 1.82) is 0 Å². The Morgan fingerprint density at radius 3 is 2.62 bits per heavy atom. The molecule has 0 saturated carbocycles. The minimum atomic E-state index is -0.367. The number of aryl methyl sites for hydroxylation is 3. The van der Waals surface area contributed by atoms with Gasteiger partial charge >= 0.3 is 0 Å². The van der Waals surface area contributed by atoms with Crippen LogP contribution >= 0.6 is 0 Å². The van der Waals surface area contributed by atoms with Crippen molar-refractivity contribution >= 4 is 11.6 Å². The van der Waals surface area contributed by atoms with Crippen LogP contribution in [0.25, 0.3) is 0 Å². The lowest BCUT2D eigenvalue weighted by molar-refractivity contribution is 0.101. The van der Waals surface area contributed by atoms with Crippen LogP contribution in [0.1, 0.15) is 32.9 Å². The molecule has 0 saturated heterocycles. The maximum atomic E-state index is 13.0. The van der Waals surface area contributed by atoms with Gasteiger partial charge in [-0.05, 0) is 62.2 Å². The Morgan fingerprint density at radius 1 is 1.15 bits per heavy atom. The number of carbonyl (C=O) groups excluding carboxylic acids is 1. The van der Waals surface area contributed by atoms with E-state index in [1.807, 2.05) is 32.0 Å². The van der Waals surface area contributed by atoms with Gasteiger partial charge in [0, 0.05) is 5.69 Å². The molecule has 0 aliphatic heterocycles. The number of rotatable bonds is 5. The summed E-state index contributed by atoms with van der Waals surface area (Å²) in [7, 11) is 0. The number of amides is 1. The number of halogens is 1. The van der Waals surface area contributed by atoms with Gasteiger partial charge < -0.3 is 14.6 Å². The summed E-state index contributed by atoms with van der Waals surface area (Å²) >= 11 is 0. The first-order valence-corrected chi connectivity index (χ1v) is 8.16. The lowest BCUT2D eigenvalue weighted by Gasteiger charge is -2.09. The van der Waals surface area contributed by atoms with Crippen LogP contribution in [-0.2, 0) is 6.61 Å². The number of nitrogens with zero attached hydrogens (tertiary/aromatic N) is 1. The quantitative estimate of drug-likeness (QED) is 0.729. The molecule has 0 aliphatic rings.